The van der Waals surface area contributed by atoms with E-state index in [4.69, 9.17) is 0 Å². The predicted molar refractivity (Wildman–Crippen MR) is 62.3 cm³/mol. The molecule has 1 saturated heterocycles. The summed E-state index contributed by atoms with van der Waals surface area (Å²) in [5.74, 6) is 0.329. The highest BCUT2D eigenvalue weighted by atomic mass is 32.1. The highest BCUT2D eigenvalue weighted by Crippen LogP contribution is 2.07. The van der Waals surface area contributed by atoms with Gasteiger partial charge in [-0.15, -0.1) is 0 Å². The molecule has 1 fully saturated rings. The van der Waals surface area contributed by atoms with Gasteiger partial charge < -0.3 is 5.32 Å². The fourth-order valence-electron chi connectivity index (χ4n) is 1.80. The standard InChI is InChI=1S/C11H16N2OS/c14-11(7-10-1-6-15-9-10)8-13-4-2-12-3-5-13/h1,6,9,12H,2-5,7-8H2. The van der Waals surface area contributed by atoms with Gasteiger partial charge in [0.2, 0.25) is 0 Å². The second-order valence-corrected chi connectivity index (χ2v) is 4.65. The van der Waals surface area contributed by atoms with Gasteiger partial charge in [0.05, 0.1) is 6.54 Å². The van der Waals surface area contributed by atoms with Crippen molar-refractivity contribution in [2.75, 3.05) is 32.7 Å². The van der Waals surface area contributed by atoms with Crippen LogP contribution in [0.1, 0.15) is 5.56 Å². The molecule has 0 saturated carbocycles. The maximum absolute atomic E-state index is 11.7. The molecule has 0 spiro atoms. The molecule has 2 rings (SSSR count). The summed E-state index contributed by atoms with van der Waals surface area (Å²) in [4.78, 5) is 13.9. The van der Waals surface area contributed by atoms with Crippen molar-refractivity contribution in [1.29, 1.82) is 0 Å². The van der Waals surface area contributed by atoms with Gasteiger partial charge in [-0.2, -0.15) is 11.3 Å². The summed E-state index contributed by atoms with van der Waals surface area (Å²) in [5.41, 5.74) is 1.15. The van der Waals surface area contributed by atoms with Crippen LogP contribution in [0.25, 0.3) is 0 Å². The Morgan fingerprint density at radius 3 is 2.93 bits per heavy atom. The van der Waals surface area contributed by atoms with Crippen LogP contribution in [0.3, 0.4) is 0 Å². The summed E-state index contributed by atoms with van der Waals surface area (Å²) in [6.45, 7) is 4.61. The maximum Gasteiger partial charge on any atom is 0.151 e. The van der Waals surface area contributed by atoms with Gasteiger partial charge in [0.25, 0.3) is 0 Å². The molecule has 0 radical (unpaired) electrons. The molecule has 0 unspecified atom stereocenters. The van der Waals surface area contributed by atoms with E-state index in [0.29, 0.717) is 18.7 Å². The third-order valence-corrected chi connectivity index (χ3v) is 3.32. The molecule has 4 heteroatoms. The molecule has 2 heterocycles. The van der Waals surface area contributed by atoms with E-state index < -0.39 is 0 Å². The lowest BCUT2D eigenvalue weighted by Gasteiger charge is -2.26. The first kappa shape index (κ1) is 10.8. The number of carbonyl (C=O) groups is 1. The molecule has 0 bridgehead atoms. The molecular weight excluding hydrogens is 208 g/mol. The minimum atomic E-state index is 0.329. The lowest BCUT2D eigenvalue weighted by molar-refractivity contribution is -0.119. The molecule has 0 amide bonds. The molecule has 1 N–H and O–H groups in total. The summed E-state index contributed by atoms with van der Waals surface area (Å²) in [5, 5.41) is 7.35. The van der Waals surface area contributed by atoms with Gasteiger partial charge in [-0.05, 0) is 22.4 Å². The van der Waals surface area contributed by atoms with Crippen LogP contribution in [0.5, 0.6) is 0 Å². The van der Waals surface area contributed by atoms with Crippen molar-refractivity contribution in [3.63, 3.8) is 0 Å². The molecule has 15 heavy (non-hydrogen) atoms. The van der Waals surface area contributed by atoms with E-state index in [0.717, 1.165) is 31.7 Å². The predicted octanol–water partition coefficient (Wildman–Crippen LogP) is 0.765. The van der Waals surface area contributed by atoms with Gasteiger partial charge in [0.15, 0.2) is 5.78 Å². The molecule has 82 valence electrons. The number of nitrogens with zero attached hydrogens (tertiary/aromatic N) is 1. The second kappa shape index (κ2) is 5.39. The first-order valence-corrected chi connectivity index (χ1v) is 6.25. The molecule has 1 aromatic heterocycles. The number of Topliss-reactive ketones (excluding diaryl/α,β-unsaturated/α-hetero) is 1. The molecule has 0 atom stereocenters. The summed E-state index contributed by atoms with van der Waals surface area (Å²) >= 11 is 1.65. The van der Waals surface area contributed by atoms with Crippen molar-refractivity contribution in [3.8, 4) is 0 Å². The van der Waals surface area contributed by atoms with Crippen molar-refractivity contribution in [3.05, 3.63) is 22.4 Å². The lowest BCUT2D eigenvalue weighted by atomic mass is 10.1. The number of hydrogen-bond donors (Lipinski definition) is 1. The van der Waals surface area contributed by atoms with Crippen LogP contribution in [-0.4, -0.2) is 43.4 Å². The number of ketones is 1. The Hall–Kier alpha value is -0.710. The van der Waals surface area contributed by atoms with Crippen LogP contribution >= 0.6 is 11.3 Å². The number of piperazine rings is 1. The molecular formula is C11H16N2OS. The quantitative estimate of drug-likeness (QED) is 0.819. The highest BCUT2D eigenvalue weighted by molar-refractivity contribution is 7.07. The maximum atomic E-state index is 11.7. The van der Waals surface area contributed by atoms with E-state index in [2.05, 4.69) is 15.6 Å². The van der Waals surface area contributed by atoms with E-state index in [1.165, 1.54) is 0 Å². The number of hydrogen-bond acceptors (Lipinski definition) is 4. The van der Waals surface area contributed by atoms with Crippen molar-refractivity contribution in [1.82, 2.24) is 10.2 Å². The summed E-state index contributed by atoms with van der Waals surface area (Å²) in [7, 11) is 0. The summed E-state index contributed by atoms with van der Waals surface area (Å²) < 4.78 is 0. The first-order chi connectivity index (χ1) is 7.34. The monoisotopic (exact) mass is 224 g/mol. The summed E-state index contributed by atoms with van der Waals surface area (Å²) in [6, 6.07) is 2.03. The number of nitrogens with one attached hydrogen (secondary N) is 1. The van der Waals surface area contributed by atoms with Crippen LogP contribution in [-0.2, 0) is 11.2 Å². The van der Waals surface area contributed by atoms with Gasteiger partial charge in [-0.25, -0.2) is 0 Å². The topological polar surface area (TPSA) is 32.3 Å². The van der Waals surface area contributed by atoms with Gasteiger partial charge in [0, 0.05) is 32.6 Å². The van der Waals surface area contributed by atoms with Gasteiger partial charge in [-0.1, -0.05) is 0 Å². The van der Waals surface area contributed by atoms with E-state index in [1.807, 2.05) is 11.4 Å². The zero-order valence-corrected chi connectivity index (χ0v) is 9.55. The van der Waals surface area contributed by atoms with Crippen LogP contribution < -0.4 is 5.32 Å². The first-order valence-electron chi connectivity index (χ1n) is 5.30. The number of thiophene rings is 1. The van der Waals surface area contributed by atoms with E-state index in [9.17, 15) is 4.79 Å². The van der Waals surface area contributed by atoms with Crippen molar-refractivity contribution >= 4 is 17.1 Å². The zero-order valence-electron chi connectivity index (χ0n) is 8.74. The Morgan fingerprint density at radius 2 is 2.27 bits per heavy atom. The Morgan fingerprint density at radius 1 is 1.47 bits per heavy atom. The fourth-order valence-corrected chi connectivity index (χ4v) is 2.46. The van der Waals surface area contributed by atoms with Crippen LogP contribution in [0.2, 0.25) is 0 Å². The van der Waals surface area contributed by atoms with Crippen LogP contribution in [0.4, 0.5) is 0 Å². The minimum Gasteiger partial charge on any atom is -0.314 e. The Bertz CT molecular complexity index is 304. The molecule has 1 aliphatic heterocycles. The summed E-state index contributed by atoms with van der Waals surface area (Å²) in [6.07, 6.45) is 0.591. The van der Waals surface area contributed by atoms with Crippen molar-refractivity contribution < 1.29 is 4.79 Å². The Labute approximate surface area is 94.1 Å². The van der Waals surface area contributed by atoms with Crippen molar-refractivity contribution in [2.45, 2.75) is 6.42 Å². The van der Waals surface area contributed by atoms with Crippen molar-refractivity contribution in [2.24, 2.45) is 0 Å². The third kappa shape index (κ3) is 3.41. The van der Waals surface area contributed by atoms with Crippen LogP contribution in [0, 0.1) is 0 Å². The van der Waals surface area contributed by atoms with E-state index in [1.54, 1.807) is 11.3 Å². The van der Waals surface area contributed by atoms with Crippen LogP contribution in [0.15, 0.2) is 16.8 Å². The molecule has 1 aliphatic rings. The minimum absolute atomic E-state index is 0.329. The second-order valence-electron chi connectivity index (χ2n) is 3.87. The smallest absolute Gasteiger partial charge is 0.151 e. The van der Waals surface area contributed by atoms with Gasteiger partial charge in [0.1, 0.15) is 0 Å². The van der Waals surface area contributed by atoms with E-state index >= 15 is 0 Å². The highest BCUT2D eigenvalue weighted by Gasteiger charge is 2.13. The molecule has 3 nitrogen and oxygen atoms in total. The normalized spacial score (nSPS) is 17.9. The number of rotatable bonds is 4. The zero-order chi connectivity index (χ0) is 10.5. The third-order valence-electron chi connectivity index (χ3n) is 2.59. The Balaban J connectivity index is 1.76. The van der Waals surface area contributed by atoms with Gasteiger partial charge in [-0.3, -0.25) is 9.69 Å². The molecule has 1 aromatic rings. The Kier molecular flexibility index (Phi) is 3.88. The fraction of sp³-hybridized carbons (Fsp3) is 0.545. The lowest BCUT2D eigenvalue weighted by Crippen LogP contribution is -2.45. The van der Waals surface area contributed by atoms with Gasteiger partial charge >= 0.3 is 0 Å². The number of carbonyl (C=O) groups excluding carboxylic acids is 1. The SMILES string of the molecule is O=C(Cc1ccsc1)CN1CCNCC1. The van der Waals surface area contributed by atoms with E-state index in [-0.39, 0.29) is 0 Å². The largest absolute Gasteiger partial charge is 0.314 e. The molecule has 0 aromatic carbocycles. The average molecular weight is 224 g/mol. The molecule has 0 aliphatic carbocycles. The average Bonchev–Trinajstić information content (AvgIpc) is 2.71.